The topological polar surface area (TPSA) is 50.3 Å². The summed E-state index contributed by atoms with van der Waals surface area (Å²) in [7, 11) is -2.14. The van der Waals surface area contributed by atoms with E-state index < -0.39 is 10.0 Å². The molecule has 0 unspecified atom stereocenters. The number of anilines is 1. The van der Waals surface area contributed by atoms with Crippen LogP contribution in [-0.2, 0) is 10.0 Å². The molecule has 0 saturated carbocycles. The first-order valence-electron chi connectivity index (χ1n) is 5.58. The highest BCUT2D eigenvalue weighted by Crippen LogP contribution is 2.24. The van der Waals surface area contributed by atoms with Crippen LogP contribution in [0.2, 0.25) is 5.02 Å². The third-order valence-corrected chi connectivity index (χ3v) is 5.00. The van der Waals surface area contributed by atoms with E-state index in [1.807, 2.05) is 6.92 Å². The lowest BCUT2D eigenvalue weighted by Crippen LogP contribution is -2.26. The van der Waals surface area contributed by atoms with Crippen LogP contribution in [0.5, 0.6) is 0 Å². The van der Waals surface area contributed by atoms with Gasteiger partial charge in [0.1, 0.15) is 0 Å². The van der Waals surface area contributed by atoms with E-state index in [4.69, 9.17) is 11.6 Å². The number of sulfonamides is 1. The lowest BCUT2D eigenvalue weighted by molar-refractivity contribution is 0.594. The maximum absolute atomic E-state index is 12.4. The Hall–Kier alpha value is -1.59. The van der Waals surface area contributed by atoms with Gasteiger partial charge in [-0.3, -0.25) is 9.29 Å². The second-order valence-electron chi connectivity index (χ2n) is 4.09. The number of aromatic nitrogens is 1. The summed E-state index contributed by atoms with van der Waals surface area (Å²) >= 11 is 5.98. The van der Waals surface area contributed by atoms with Crippen molar-refractivity contribution in [2.45, 2.75) is 11.8 Å². The summed E-state index contributed by atoms with van der Waals surface area (Å²) in [5.74, 6) is 0. The molecule has 0 amide bonds. The van der Waals surface area contributed by atoms with Crippen molar-refractivity contribution in [2.75, 3.05) is 11.4 Å². The van der Waals surface area contributed by atoms with Crippen LogP contribution in [0.3, 0.4) is 0 Å². The number of benzene rings is 1. The Morgan fingerprint density at radius 3 is 2.58 bits per heavy atom. The minimum absolute atomic E-state index is 0.162. The zero-order chi connectivity index (χ0) is 14.0. The van der Waals surface area contributed by atoms with Gasteiger partial charge in [0.25, 0.3) is 10.0 Å². The number of hydrogen-bond acceptors (Lipinski definition) is 3. The maximum atomic E-state index is 12.4. The summed E-state index contributed by atoms with van der Waals surface area (Å²) in [6.07, 6.45) is 3.08. The van der Waals surface area contributed by atoms with Crippen LogP contribution >= 0.6 is 11.6 Å². The Kier molecular flexibility index (Phi) is 3.78. The van der Waals surface area contributed by atoms with Crippen molar-refractivity contribution < 1.29 is 8.42 Å². The summed E-state index contributed by atoms with van der Waals surface area (Å²) in [6.45, 7) is 1.82. The Bertz CT molecular complexity index is 687. The molecule has 6 heteroatoms. The number of aryl methyl sites for hydroxylation is 1. The van der Waals surface area contributed by atoms with E-state index in [2.05, 4.69) is 4.98 Å². The number of hydrogen-bond donors (Lipinski definition) is 0. The van der Waals surface area contributed by atoms with E-state index >= 15 is 0 Å². The van der Waals surface area contributed by atoms with Crippen LogP contribution in [0.1, 0.15) is 5.56 Å². The molecule has 0 atom stereocenters. The van der Waals surface area contributed by atoms with Gasteiger partial charge >= 0.3 is 0 Å². The highest BCUT2D eigenvalue weighted by Gasteiger charge is 2.21. The van der Waals surface area contributed by atoms with Crippen LogP contribution < -0.4 is 4.31 Å². The van der Waals surface area contributed by atoms with Crippen LogP contribution in [0.25, 0.3) is 0 Å². The summed E-state index contributed by atoms with van der Waals surface area (Å²) in [6, 6.07) is 8.05. The second kappa shape index (κ2) is 5.19. The molecule has 0 radical (unpaired) electrons. The van der Waals surface area contributed by atoms with Gasteiger partial charge < -0.3 is 0 Å². The first-order chi connectivity index (χ1) is 8.93. The molecular formula is C13H13ClN2O2S. The Morgan fingerprint density at radius 2 is 2.00 bits per heavy atom. The third-order valence-electron chi connectivity index (χ3n) is 2.81. The van der Waals surface area contributed by atoms with Gasteiger partial charge in [0.05, 0.1) is 16.8 Å². The fourth-order valence-corrected chi connectivity index (χ4v) is 3.02. The fourth-order valence-electron chi connectivity index (χ4n) is 1.57. The predicted molar refractivity (Wildman–Crippen MR) is 76.0 cm³/mol. The lowest BCUT2D eigenvalue weighted by atomic mass is 10.2. The first-order valence-corrected chi connectivity index (χ1v) is 7.40. The summed E-state index contributed by atoms with van der Waals surface area (Å²) in [4.78, 5) is 4.07. The molecule has 1 heterocycles. The van der Waals surface area contributed by atoms with Crippen LogP contribution in [-0.4, -0.2) is 20.4 Å². The molecule has 1 aromatic heterocycles. The zero-order valence-corrected chi connectivity index (χ0v) is 12.1. The molecule has 0 bridgehead atoms. The normalized spacial score (nSPS) is 11.3. The zero-order valence-electron chi connectivity index (χ0n) is 10.5. The van der Waals surface area contributed by atoms with E-state index in [-0.39, 0.29) is 4.90 Å². The average molecular weight is 297 g/mol. The van der Waals surface area contributed by atoms with Crippen molar-refractivity contribution in [3.05, 3.63) is 53.3 Å². The van der Waals surface area contributed by atoms with Gasteiger partial charge in [0.2, 0.25) is 0 Å². The molecule has 0 aliphatic carbocycles. The SMILES string of the molecule is Cc1ccc(S(=O)(=O)N(C)c2cccnc2)cc1Cl. The molecule has 4 nitrogen and oxygen atoms in total. The van der Waals surface area contributed by atoms with Crippen molar-refractivity contribution in [1.29, 1.82) is 0 Å². The maximum Gasteiger partial charge on any atom is 0.264 e. The largest absolute Gasteiger partial charge is 0.268 e. The molecule has 19 heavy (non-hydrogen) atoms. The highest BCUT2D eigenvalue weighted by molar-refractivity contribution is 7.92. The molecular weight excluding hydrogens is 284 g/mol. The molecule has 0 spiro atoms. The van der Waals surface area contributed by atoms with Crippen molar-refractivity contribution >= 4 is 27.3 Å². The molecule has 0 N–H and O–H groups in total. The van der Waals surface area contributed by atoms with Crippen molar-refractivity contribution in [2.24, 2.45) is 0 Å². The Balaban J connectivity index is 2.45. The molecule has 1 aromatic carbocycles. The Morgan fingerprint density at radius 1 is 1.26 bits per heavy atom. The fraction of sp³-hybridized carbons (Fsp3) is 0.154. The van der Waals surface area contributed by atoms with Crippen molar-refractivity contribution in [3.8, 4) is 0 Å². The van der Waals surface area contributed by atoms with E-state index in [1.165, 1.54) is 23.6 Å². The summed E-state index contributed by atoms with van der Waals surface area (Å²) in [5.41, 5.74) is 1.34. The van der Waals surface area contributed by atoms with Gasteiger partial charge in [-0.2, -0.15) is 0 Å². The lowest BCUT2D eigenvalue weighted by Gasteiger charge is -2.19. The molecule has 0 fully saturated rings. The Labute approximate surface area is 117 Å². The quantitative estimate of drug-likeness (QED) is 0.875. The molecule has 0 aliphatic rings. The van der Waals surface area contributed by atoms with Crippen LogP contribution in [0, 0.1) is 6.92 Å². The van der Waals surface area contributed by atoms with Crippen molar-refractivity contribution in [3.63, 3.8) is 0 Å². The number of rotatable bonds is 3. The third kappa shape index (κ3) is 2.72. The number of nitrogens with zero attached hydrogens (tertiary/aromatic N) is 2. The van der Waals surface area contributed by atoms with E-state index in [1.54, 1.807) is 30.5 Å². The van der Waals surface area contributed by atoms with Crippen LogP contribution in [0.15, 0.2) is 47.6 Å². The molecule has 2 rings (SSSR count). The predicted octanol–water partition coefficient (Wildman–Crippen LogP) is 2.87. The van der Waals surface area contributed by atoms with Gasteiger partial charge in [0.15, 0.2) is 0 Å². The molecule has 0 saturated heterocycles. The van der Waals surface area contributed by atoms with Gasteiger partial charge in [-0.15, -0.1) is 0 Å². The minimum Gasteiger partial charge on any atom is -0.268 e. The van der Waals surface area contributed by atoms with Gasteiger partial charge in [-0.1, -0.05) is 17.7 Å². The van der Waals surface area contributed by atoms with Gasteiger partial charge in [-0.25, -0.2) is 8.42 Å². The standard InChI is InChI=1S/C13H13ClN2O2S/c1-10-5-6-12(8-13(10)14)19(17,18)16(2)11-4-3-7-15-9-11/h3-9H,1-2H3. The second-order valence-corrected chi connectivity index (χ2v) is 6.47. The van der Waals surface area contributed by atoms with E-state index in [0.717, 1.165) is 5.56 Å². The molecule has 2 aromatic rings. The highest BCUT2D eigenvalue weighted by atomic mass is 35.5. The number of pyridine rings is 1. The smallest absolute Gasteiger partial charge is 0.264 e. The van der Waals surface area contributed by atoms with Gasteiger partial charge in [0, 0.05) is 18.3 Å². The molecule has 100 valence electrons. The monoisotopic (exact) mass is 296 g/mol. The van der Waals surface area contributed by atoms with E-state index in [9.17, 15) is 8.42 Å². The summed E-state index contributed by atoms with van der Waals surface area (Å²) in [5, 5.41) is 0.431. The van der Waals surface area contributed by atoms with E-state index in [0.29, 0.717) is 10.7 Å². The van der Waals surface area contributed by atoms with Crippen molar-refractivity contribution in [1.82, 2.24) is 4.98 Å². The average Bonchev–Trinajstić information content (AvgIpc) is 2.41. The minimum atomic E-state index is -3.62. The van der Waals surface area contributed by atoms with Crippen LogP contribution in [0.4, 0.5) is 5.69 Å². The van der Waals surface area contributed by atoms with Gasteiger partial charge in [-0.05, 0) is 36.8 Å². The molecule has 0 aliphatic heterocycles. The number of halogens is 1. The first kappa shape index (κ1) is 13.8. The summed E-state index contributed by atoms with van der Waals surface area (Å²) < 4.78 is 26.1.